The Hall–Kier alpha value is 1.40. The molecule has 48 valence electrons. The minimum atomic E-state index is -0.0527. The summed E-state index contributed by atoms with van der Waals surface area (Å²) in [7, 11) is 3.63. The normalized spacial score (nSPS) is 27.8. The van der Waals surface area contributed by atoms with Crippen LogP contribution in [0.15, 0.2) is 0 Å². The van der Waals surface area contributed by atoms with Crippen LogP contribution in [0, 0.1) is 0 Å². The number of rotatable bonds is 0. The minimum absolute atomic E-state index is 0.0527. The van der Waals surface area contributed by atoms with Crippen molar-refractivity contribution in [2.75, 3.05) is 5.75 Å². The van der Waals surface area contributed by atoms with Crippen molar-refractivity contribution in [3.05, 3.63) is 0 Å². The average Bonchev–Trinajstić information content (AvgIpc) is 1.65. The zero-order chi connectivity index (χ0) is 6.04. The summed E-state index contributed by atoms with van der Waals surface area (Å²) in [5.74, 6) is 1.26. The molecule has 1 heterocycles. The lowest BCUT2D eigenvalue weighted by molar-refractivity contribution is 0.856. The van der Waals surface area contributed by atoms with Crippen LogP contribution in [-0.4, -0.2) is 9.16 Å². The van der Waals surface area contributed by atoms with Gasteiger partial charge in [-0.15, -0.1) is 0 Å². The molecule has 0 amide bonds. The molecular formula is C4H8S4. The van der Waals surface area contributed by atoms with E-state index in [9.17, 15) is 0 Å². The molecule has 0 nitrogen and oxygen atoms in total. The van der Waals surface area contributed by atoms with Crippen LogP contribution >= 0.6 is 46.8 Å². The molecular weight excluding hydrogens is 176 g/mol. The Kier molecular flexibility index (Phi) is 2.81. The van der Waals surface area contributed by atoms with Gasteiger partial charge in [0.05, 0.1) is 0 Å². The van der Waals surface area contributed by atoms with E-state index in [1.54, 1.807) is 10.8 Å². The summed E-state index contributed by atoms with van der Waals surface area (Å²) in [5.41, 5.74) is 0. The topological polar surface area (TPSA) is 0 Å². The Balaban J connectivity index is 2.33. The highest BCUT2D eigenvalue weighted by Crippen LogP contribution is 2.49. The summed E-state index contributed by atoms with van der Waals surface area (Å²) in [5, 5.41) is 0. The second kappa shape index (κ2) is 2.99. The van der Waals surface area contributed by atoms with E-state index in [2.05, 4.69) is 25.3 Å². The largest absolute Gasteiger partial charge is 0.150 e. The van der Waals surface area contributed by atoms with Gasteiger partial charge in [-0.25, -0.2) is 0 Å². The summed E-state index contributed by atoms with van der Waals surface area (Å²) < 4.78 is -0.0527. The van der Waals surface area contributed by atoms with Crippen LogP contribution in [0.25, 0.3) is 0 Å². The van der Waals surface area contributed by atoms with Gasteiger partial charge >= 0.3 is 0 Å². The van der Waals surface area contributed by atoms with Crippen LogP contribution in [0.2, 0.25) is 0 Å². The highest BCUT2D eigenvalue weighted by Gasteiger charge is 2.24. The first-order valence-electron chi connectivity index (χ1n) is 2.46. The average molecular weight is 184 g/mol. The SMILES string of the molecule is SC1(S)CCCSS1. The molecule has 1 fully saturated rings. The van der Waals surface area contributed by atoms with Crippen molar-refractivity contribution in [1.82, 2.24) is 0 Å². The molecule has 8 heavy (non-hydrogen) atoms. The monoisotopic (exact) mass is 184 g/mol. The molecule has 1 rings (SSSR count). The van der Waals surface area contributed by atoms with Gasteiger partial charge in [-0.1, -0.05) is 21.6 Å². The Morgan fingerprint density at radius 3 is 2.38 bits per heavy atom. The highest BCUT2D eigenvalue weighted by atomic mass is 33.1. The van der Waals surface area contributed by atoms with E-state index in [1.807, 2.05) is 10.8 Å². The van der Waals surface area contributed by atoms with Gasteiger partial charge in [0.25, 0.3) is 0 Å². The van der Waals surface area contributed by atoms with Gasteiger partial charge < -0.3 is 0 Å². The summed E-state index contributed by atoms with van der Waals surface area (Å²) in [4.78, 5) is 0. The van der Waals surface area contributed by atoms with Gasteiger partial charge in [-0.3, -0.25) is 0 Å². The van der Waals surface area contributed by atoms with Crippen molar-refractivity contribution >= 4 is 46.8 Å². The standard InChI is InChI=1S/C4H8S4/c5-4(6)2-1-3-7-8-4/h5-6H,1-3H2. The molecule has 1 aliphatic rings. The number of hydrogen-bond donors (Lipinski definition) is 2. The summed E-state index contributed by atoms with van der Waals surface area (Å²) in [6.07, 6.45) is 2.38. The maximum atomic E-state index is 4.32. The molecule has 1 saturated heterocycles. The first-order valence-corrected chi connectivity index (χ1v) is 5.67. The fourth-order valence-electron chi connectivity index (χ4n) is 0.539. The van der Waals surface area contributed by atoms with Crippen molar-refractivity contribution in [3.63, 3.8) is 0 Å². The van der Waals surface area contributed by atoms with Gasteiger partial charge in [-0.2, -0.15) is 25.3 Å². The van der Waals surface area contributed by atoms with E-state index in [4.69, 9.17) is 0 Å². The summed E-state index contributed by atoms with van der Waals surface area (Å²) in [6.45, 7) is 0. The fraction of sp³-hybridized carbons (Fsp3) is 1.00. The molecule has 0 aromatic rings. The third kappa shape index (κ3) is 2.33. The third-order valence-corrected chi connectivity index (χ3v) is 5.41. The molecule has 0 aromatic carbocycles. The van der Waals surface area contributed by atoms with Gasteiger partial charge in [-0.05, 0) is 12.8 Å². The first-order chi connectivity index (χ1) is 3.71. The lowest BCUT2D eigenvalue weighted by Gasteiger charge is -2.24. The van der Waals surface area contributed by atoms with Crippen molar-refractivity contribution < 1.29 is 0 Å². The Labute approximate surface area is 68.8 Å². The number of hydrogen-bond acceptors (Lipinski definition) is 4. The molecule has 0 aliphatic carbocycles. The predicted molar refractivity (Wildman–Crippen MR) is 50.0 cm³/mol. The van der Waals surface area contributed by atoms with Crippen LogP contribution in [0.3, 0.4) is 0 Å². The molecule has 0 unspecified atom stereocenters. The summed E-state index contributed by atoms with van der Waals surface area (Å²) >= 11 is 8.65. The maximum Gasteiger partial charge on any atom is 0.111 e. The van der Waals surface area contributed by atoms with E-state index >= 15 is 0 Å². The molecule has 4 heteroatoms. The Morgan fingerprint density at radius 1 is 1.38 bits per heavy atom. The molecule has 0 aromatic heterocycles. The van der Waals surface area contributed by atoms with Gasteiger partial charge in [0.15, 0.2) is 0 Å². The Morgan fingerprint density at radius 2 is 2.12 bits per heavy atom. The van der Waals surface area contributed by atoms with Crippen LogP contribution in [-0.2, 0) is 0 Å². The second-order valence-electron chi connectivity index (χ2n) is 1.75. The highest BCUT2D eigenvalue weighted by molar-refractivity contribution is 8.80. The molecule has 0 saturated carbocycles. The molecule has 1 aliphatic heterocycles. The molecule has 0 spiro atoms. The molecule has 0 bridgehead atoms. The zero-order valence-corrected chi connectivity index (χ0v) is 7.75. The van der Waals surface area contributed by atoms with Crippen molar-refractivity contribution in [2.24, 2.45) is 0 Å². The van der Waals surface area contributed by atoms with Crippen LogP contribution < -0.4 is 0 Å². The van der Waals surface area contributed by atoms with E-state index in [0.717, 1.165) is 6.42 Å². The van der Waals surface area contributed by atoms with Gasteiger partial charge in [0, 0.05) is 5.75 Å². The second-order valence-corrected chi connectivity index (χ2v) is 6.95. The van der Waals surface area contributed by atoms with Crippen LogP contribution in [0.5, 0.6) is 0 Å². The summed E-state index contributed by atoms with van der Waals surface area (Å²) in [6, 6.07) is 0. The van der Waals surface area contributed by atoms with E-state index in [-0.39, 0.29) is 3.41 Å². The van der Waals surface area contributed by atoms with Crippen molar-refractivity contribution in [2.45, 2.75) is 16.3 Å². The molecule has 0 radical (unpaired) electrons. The van der Waals surface area contributed by atoms with E-state index < -0.39 is 0 Å². The van der Waals surface area contributed by atoms with Gasteiger partial charge in [0.1, 0.15) is 3.41 Å². The maximum absolute atomic E-state index is 4.32. The minimum Gasteiger partial charge on any atom is -0.150 e. The molecule has 0 N–H and O–H groups in total. The van der Waals surface area contributed by atoms with Crippen LogP contribution in [0.1, 0.15) is 12.8 Å². The van der Waals surface area contributed by atoms with E-state index in [1.165, 1.54) is 12.2 Å². The first kappa shape index (κ1) is 7.51. The lowest BCUT2D eigenvalue weighted by atomic mass is 10.4. The fourth-order valence-corrected chi connectivity index (χ4v) is 3.99. The van der Waals surface area contributed by atoms with E-state index in [0.29, 0.717) is 0 Å². The van der Waals surface area contributed by atoms with Crippen molar-refractivity contribution in [3.8, 4) is 0 Å². The smallest absolute Gasteiger partial charge is 0.111 e. The third-order valence-electron chi connectivity index (χ3n) is 0.923. The number of thiol groups is 2. The van der Waals surface area contributed by atoms with Crippen LogP contribution in [0.4, 0.5) is 0 Å². The predicted octanol–water partition coefficient (Wildman–Crippen LogP) is 2.68. The zero-order valence-electron chi connectivity index (χ0n) is 4.33. The quantitative estimate of drug-likeness (QED) is 0.337. The Bertz CT molecular complexity index is 72.1. The van der Waals surface area contributed by atoms with Crippen molar-refractivity contribution in [1.29, 1.82) is 0 Å². The molecule has 0 atom stereocenters. The lowest BCUT2D eigenvalue weighted by Crippen LogP contribution is -2.09. The van der Waals surface area contributed by atoms with Gasteiger partial charge in [0.2, 0.25) is 0 Å².